The van der Waals surface area contributed by atoms with Crippen LogP contribution in [0, 0.1) is 5.41 Å². The largest absolute Gasteiger partial charge is 0.486 e. The van der Waals surface area contributed by atoms with Crippen LogP contribution in [0.25, 0.3) is 22.1 Å². The zero-order chi connectivity index (χ0) is 61.0. The fraction of sp³-hybridized carbons (Fsp3) is 0.516. The monoisotopic (exact) mass is 1210 g/mol. The van der Waals surface area contributed by atoms with Crippen LogP contribution in [-0.2, 0) is 47.1 Å². The maximum absolute atomic E-state index is 13.5. The molecule has 24 heteroatoms. The van der Waals surface area contributed by atoms with Gasteiger partial charge in [0.2, 0.25) is 0 Å². The van der Waals surface area contributed by atoms with Crippen molar-refractivity contribution in [3.8, 4) is 23.0 Å². The van der Waals surface area contributed by atoms with E-state index in [9.17, 15) is 32.7 Å². The summed E-state index contributed by atoms with van der Waals surface area (Å²) in [6.07, 6.45) is 4.02. The number of aromatic nitrogens is 4. The number of carboxylic acid groups (broad SMARTS) is 1. The third-order valence-electron chi connectivity index (χ3n) is 16.1. The Morgan fingerprint density at radius 3 is 1.84 bits per heavy atom. The molecule has 5 aliphatic heterocycles. The third-order valence-corrected chi connectivity index (χ3v) is 16.7. The van der Waals surface area contributed by atoms with Gasteiger partial charge in [0.1, 0.15) is 49.2 Å². The van der Waals surface area contributed by atoms with Crippen LogP contribution in [0.15, 0.2) is 84.9 Å². The number of likely N-dealkylation sites (tertiary alicyclic amines) is 2. The van der Waals surface area contributed by atoms with Gasteiger partial charge >= 0.3 is 12.2 Å². The fourth-order valence-electron chi connectivity index (χ4n) is 12.1. The molecule has 0 radical (unpaired) electrons. The van der Waals surface area contributed by atoms with Gasteiger partial charge in [0.15, 0.2) is 29.3 Å². The zero-order valence-corrected chi connectivity index (χ0v) is 50.7. The molecule has 2 aromatic heterocycles. The summed E-state index contributed by atoms with van der Waals surface area (Å²) in [5.74, 6) is 2.98. The molecular weight excluding hydrogens is 1130 g/mol. The Bertz CT molecular complexity index is 3550. The Hall–Kier alpha value is -7.67. The van der Waals surface area contributed by atoms with Crippen molar-refractivity contribution in [3.05, 3.63) is 108 Å². The van der Waals surface area contributed by atoms with E-state index in [2.05, 4.69) is 15.2 Å². The van der Waals surface area contributed by atoms with Crippen LogP contribution in [0.2, 0.25) is 0 Å². The van der Waals surface area contributed by atoms with E-state index in [0.717, 1.165) is 54.5 Å². The molecular formula is C62H78N8O15S. The molecule has 5 aliphatic rings. The van der Waals surface area contributed by atoms with Gasteiger partial charge < -0.3 is 58.0 Å². The van der Waals surface area contributed by atoms with Crippen molar-refractivity contribution < 1.29 is 70.0 Å². The number of nitrogens with one attached hydrogen (secondary N) is 2. The highest BCUT2D eigenvalue weighted by molar-refractivity contribution is 7.85. The van der Waals surface area contributed by atoms with Crippen molar-refractivity contribution in [2.45, 2.75) is 135 Å². The van der Waals surface area contributed by atoms with Crippen molar-refractivity contribution >= 4 is 56.2 Å². The van der Waals surface area contributed by atoms with Gasteiger partial charge in [-0.05, 0) is 132 Å². The Kier molecular flexibility index (Phi) is 18.4. The zero-order valence-electron chi connectivity index (χ0n) is 49.9. The van der Waals surface area contributed by atoms with E-state index in [0.29, 0.717) is 111 Å². The number of rotatable bonds is 14. The summed E-state index contributed by atoms with van der Waals surface area (Å²) in [7, 11) is -3.69. The van der Waals surface area contributed by atoms with E-state index in [4.69, 9.17) is 47.3 Å². The molecule has 3 saturated heterocycles. The van der Waals surface area contributed by atoms with Gasteiger partial charge in [-0.15, -0.1) is 0 Å². The number of hydrogen-bond acceptors (Lipinski definition) is 16. The second-order valence-corrected chi connectivity index (χ2v) is 25.8. The first kappa shape index (κ1) is 61.4. The maximum atomic E-state index is 13.5. The van der Waals surface area contributed by atoms with Crippen LogP contribution in [0.1, 0.15) is 125 Å². The molecule has 3 N–H and O–H groups in total. The summed E-state index contributed by atoms with van der Waals surface area (Å²) >= 11 is 0. The number of piperidine rings is 2. The molecule has 4 amide bonds. The number of imidazole rings is 2. The minimum atomic E-state index is -3.69. The molecule has 0 aliphatic carbocycles. The molecule has 0 bridgehead atoms. The first-order valence-corrected chi connectivity index (χ1v) is 31.3. The van der Waals surface area contributed by atoms with Crippen molar-refractivity contribution in [2.24, 2.45) is 5.41 Å². The van der Waals surface area contributed by atoms with Gasteiger partial charge in [0.05, 0.1) is 47.6 Å². The average Bonchev–Trinajstić information content (AvgIpc) is 1.39. The molecule has 11 rings (SSSR count). The van der Waals surface area contributed by atoms with Gasteiger partial charge in [-0.2, -0.15) is 8.42 Å². The van der Waals surface area contributed by atoms with Crippen LogP contribution in [-0.4, -0.2) is 156 Å². The maximum Gasteiger partial charge on any atom is 0.410 e. The lowest BCUT2D eigenvalue weighted by Crippen LogP contribution is -2.64. The highest BCUT2D eigenvalue weighted by atomic mass is 32.2. The number of carbonyl (C=O) groups excluding carboxylic acids is 3. The molecule has 5 atom stereocenters. The second-order valence-electron chi connectivity index (χ2n) is 24.2. The van der Waals surface area contributed by atoms with E-state index in [1.54, 1.807) is 41.3 Å². The molecule has 6 aromatic rings. The number of nitrogens with zero attached hydrogens (tertiary/aromatic N) is 6. The summed E-state index contributed by atoms with van der Waals surface area (Å²) in [6, 6.07) is 24.6. The molecule has 23 nitrogen and oxygen atoms in total. The number of hydrogen-bond donors (Lipinski definition) is 3. The summed E-state index contributed by atoms with van der Waals surface area (Å²) in [4.78, 5) is 66.3. The lowest BCUT2D eigenvalue weighted by atomic mass is 9.66. The second kappa shape index (κ2) is 25.7. The number of ether oxygens (including phenoxy) is 7. The van der Waals surface area contributed by atoms with E-state index in [1.807, 2.05) is 94.6 Å². The van der Waals surface area contributed by atoms with Crippen LogP contribution >= 0.6 is 0 Å². The number of amides is 4. The van der Waals surface area contributed by atoms with Crippen LogP contribution in [0.3, 0.4) is 0 Å². The standard InChI is InChI=1S/C33H42N4O7.C29H36N4O8S/c1-33(2,3)44-32(39)37-14-13-23(34-31(38)22-11-12-27-28(20-22)41-19-18-40-27)21-26(37)30-35-24-8-4-5-9-25(24)36(30)15-17-43-29-10-6-7-16-42-29;1-28(2,3)29(26-31-21-7-5-6-8-22(21)32(26)13-14-41-42(4,37)38)18-20(11-12-33(29)27(35)36)30-25(34)19-9-10-23-24(17-19)40-16-15-39-23/h4-5,8-9,11-12,20,23,26,29H,6-7,10,13-19,21H2,1-3H3,(H,34,38);5-10,17,20H,11-16,18H2,1-4H3,(H,30,34)(H,35,36)/t;20-,29+/m.1/s1. The summed E-state index contributed by atoms with van der Waals surface area (Å²) in [5.41, 5.74) is 1.53. The van der Waals surface area contributed by atoms with E-state index < -0.39 is 44.9 Å². The van der Waals surface area contributed by atoms with E-state index in [-0.39, 0.29) is 56.3 Å². The predicted octanol–water partition coefficient (Wildman–Crippen LogP) is 8.82. The molecule has 462 valence electrons. The van der Waals surface area contributed by atoms with Crippen molar-refractivity contribution in [3.63, 3.8) is 0 Å². The number of para-hydroxylation sites is 4. The fourth-order valence-corrected chi connectivity index (χ4v) is 12.4. The first-order chi connectivity index (χ1) is 41.0. The van der Waals surface area contributed by atoms with Gasteiger partial charge in [0.25, 0.3) is 21.9 Å². The number of benzene rings is 4. The molecule has 3 fully saturated rings. The molecule has 86 heavy (non-hydrogen) atoms. The summed E-state index contributed by atoms with van der Waals surface area (Å²) < 4.78 is 72.7. The highest BCUT2D eigenvalue weighted by Gasteiger charge is 2.57. The van der Waals surface area contributed by atoms with Crippen LogP contribution in [0.4, 0.5) is 9.59 Å². The molecule has 3 unspecified atom stereocenters. The van der Waals surface area contributed by atoms with Crippen molar-refractivity contribution in [1.82, 2.24) is 39.5 Å². The molecule has 7 heterocycles. The number of carbonyl (C=O) groups is 4. The van der Waals surface area contributed by atoms with Gasteiger partial charge in [0, 0.05) is 56.0 Å². The quantitative estimate of drug-likeness (QED) is 0.0860. The van der Waals surface area contributed by atoms with E-state index in [1.165, 1.54) is 4.90 Å². The van der Waals surface area contributed by atoms with E-state index >= 15 is 0 Å². The summed E-state index contributed by atoms with van der Waals surface area (Å²) in [5, 5.41) is 16.8. The first-order valence-electron chi connectivity index (χ1n) is 29.4. The van der Waals surface area contributed by atoms with Crippen LogP contribution in [0.5, 0.6) is 23.0 Å². The summed E-state index contributed by atoms with van der Waals surface area (Å²) in [6.45, 7) is 15.5. The van der Waals surface area contributed by atoms with Crippen LogP contribution < -0.4 is 29.6 Å². The Morgan fingerprint density at radius 1 is 0.686 bits per heavy atom. The minimum absolute atomic E-state index is 0.127. The van der Waals surface area contributed by atoms with Crippen molar-refractivity contribution in [2.75, 3.05) is 65.6 Å². The smallest absolute Gasteiger partial charge is 0.410 e. The Balaban J connectivity index is 0.000000191. The molecule has 0 spiro atoms. The SMILES string of the molecule is CC(C)(C)OC(=O)N1CCC(NC(=O)c2ccc3c(c2)OCCO3)CC1c1nc2ccccc2n1CCOC1CCCCO1.CC(C)(C)[C@@]1(c2nc3ccccc3n2CCOS(C)(=O)=O)C[C@H](NC(=O)c2ccc3c(c2)OCCO3)CCN1C(=O)O. The van der Waals surface area contributed by atoms with Gasteiger partial charge in [-0.1, -0.05) is 45.0 Å². The minimum Gasteiger partial charge on any atom is -0.486 e. The lowest BCUT2D eigenvalue weighted by Gasteiger charge is -2.54. The highest BCUT2D eigenvalue weighted by Crippen LogP contribution is 2.51. The Labute approximate surface area is 500 Å². The molecule has 0 saturated carbocycles. The Morgan fingerprint density at radius 2 is 1.26 bits per heavy atom. The number of fused-ring (bicyclic) bond motifs is 4. The topological polar surface area (TPSA) is 263 Å². The molecule has 4 aromatic carbocycles. The average molecular weight is 1210 g/mol. The van der Waals surface area contributed by atoms with Gasteiger partial charge in [-0.3, -0.25) is 23.6 Å². The van der Waals surface area contributed by atoms with Gasteiger partial charge in [-0.25, -0.2) is 19.6 Å². The van der Waals surface area contributed by atoms with Crippen molar-refractivity contribution in [1.29, 1.82) is 0 Å². The predicted molar refractivity (Wildman–Crippen MR) is 317 cm³/mol. The lowest BCUT2D eigenvalue weighted by molar-refractivity contribution is -0.163. The normalized spacial score (nSPS) is 21.5. The third kappa shape index (κ3) is 13.9.